The number of aryl methyl sites for hydroxylation is 2. The molecule has 0 bridgehead atoms. The number of nitrogens with zero attached hydrogens (tertiary/aromatic N) is 4. The van der Waals surface area contributed by atoms with E-state index in [1.54, 1.807) is 0 Å². The first-order chi connectivity index (χ1) is 10.7. The highest BCUT2D eigenvalue weighted by molar-refractivity contribution is 5.76. The predicted molar refractivity (Wildman–Crippen MR) is 85.4 cm³/mol. The number of hydrazine groups is 1. The van der Waals surface area contributed by atoms with Gasteiger partial charge in [0.1, 0.15) is 17.5 Å². The highest BCUT2D eigenvalue weighted by atomic mass is 15.3. The molecule has 1 aliphatic rings. The zero-order valence-corrected chi connectivity index (χ0v) is 12.6. The van der Waals surface area contributed by atoms with E-state index >= 15 is 0 Å². The fraction of sp³-hybridized carbons (Fsp3) is 0.312. The monoisotopic (exact) mass is 294 g/mol. The quantitative estimate of drug-likeness (QED) is 0.572. The molecule has 0 saturated heterocycles. The lowest BCUT2D eigenvalue weighted by Crippen LogP contribution is -2.10. The van der Waals surface area contributed by atoms with Gasteiger partial charge >= 0.3 is 0 Å². The van der Waals surface area contributed by atoms with Crippen LogP contribution in [-0.2, 0) is 7.05 Å². The topological polar surface area (TPSA) is 81.6 Å². The lowest BCUT2D eigenvalue weighted by Gasteiger charge is -2.05. The molecule has 1 aromatic carbocycles. The highest BCUT2D eigenvalue weighted by Crippen LogP contribution is 2.54. The normalized spacial score (nSPS) is 20.3. The van der Waals surface area contributed by atoms with Crippen LogP contribution in [-0.4, -0.2) is 19.5 Å². The molecule has 0 radical (unpaired) electrons. The summed E-state index contributed by atoms with van der Waals surface area (Å²) in [6.07, 6.45) is 1.07. The number of nitrogens with one attached hydrogen (secondary N) is 1. The number of hydrogen-bond donors (Lipinski definition) is 2. The van der Waals surface area contributed by atoms with E-state index < -0.39 is 0 Å². The van der Waals surface area contributed by atoms with Crippen LogP contribution in [0.1, 0.15) is 35.6 Å². The largest absolute Gasteiger partial charge is 0.331 e. The average Bonchev–Trinajstić information content (AvgIpc) is 3.25. The number of hydrogen-bond acceptors (Lipinski definition) is 5. The van der Waals surface area contributed by atoms with Crippen molar-refractivity contribution in [1.29, 1.82) is 0 Å². The van der Waals surface area contributed by atoms with Gasteiger partial charge in [-0.25, -0.2) is 20.8 Å². The van der Waals surface area contributed by atoms with Crippen LogP contribution in [0.4, 0.5) is 5.82 Å². The molecule has 22 heavy (non-hydrogen) atoms. The first-order valence-electron chi connectivity index (χ1n) is 7.41. The molecule has 6 nitrogen and oxygen atoms in total. The van der Waals surface area contributed by atoms with Crippen molar-refractivity contribution >= 4 is 16.9 Å². The Morgan fingerprint density at radius 3 is 2.77 bits per heavy atom. The van der Waals surface area contributed by atoms with Crippen LogP contribution in [0, 0.1) is 6.92 Å². The van der Waals surface area contributed by atoms with Crippen molar-refractivity contribution in [3.05, 3.63) is 47.7 Å². The van der Waals surface area contributed by atoms with E-state index in [-0.39, 0.29) is 0 Å². The van der Waals surface area contributed by atoms with Crippen molar-refractivity contribution in [3.63, 3.8) is 0 Å². The third-order valence-corrected chi connectivity index (χ3v) is 4.33. The minimum Gasteiger partial charge on any atom is -0.331 e. The second kappa shape index (κ2) is 4.78. The van der Waals surface area contributed by atoms with Crippen LogP contribution in [0.15, 0.2) is 30.3 Å². The number of anilines is 1. The Morgan fingerprint density at radius 1 is 1.18 bits per heavy atom. The summed E-state index contributed by atoms with van der Waals surface area (Å²) < 4.78 is 2.19. The van der Waals surface area contributed by atoms with Crippen molar-refractivity contribution in [1.82, 2.24) is 19.5 Å². The fourth-order valence-electron chi connectivity index (χ4n) is 3.16. The first kappa shape index (κ1) is 13.2. The van der Waals surface area contributed by atoms with Crippen molar-refractivity contribution in [2.45, 2.75) is 25.2 Å². The van der Waals surface area contributed by atoms with Crippen molar-refractivity contribution in [2.24, 2.45) is 12.9 Å². The van der Waals surface area contributed by atoms with E-state index in [1.165, 1.54) is 5.52 Å². The third-order valence-electron chi connectivity index (χ3n) is 4.33. The van der Waals surface area contributed by atoms with Crippen molar-refractivity contribution < 1.29 is 0 Å². The molecule has 0 aliphatic heterocycles. The van der Waals surface area contributed by atoms with Crippen molar-refractivity contribution in [3.8, 4) is 0 Å². The fourth-order valence-corrected chi connectivity index (χ4v) is 3.16. The lowest BCUT2D eigenvalue weighted by molar-refractivity contribution is 0.795. The maximum absolute atomic E-state index is 5.47. The van der Waals surface area contributed by atoms with Crippen LogP contribution in [0.3, 0.4) is 0 Å². The Kier molecular flexibility index (Phi) is 2.87. The minimum atomic E-state index is 0.393. The van der Waals surface area contributed by atoms with Gasteiger partial charge in [-0.3, -0.25) is 0 Å². The Morgan fingerprint density at radius 2 is 2.00 bits per heavy atom. The summed E-state index contributed by atoms with van der Waals surface area (Å²) >= 11 is 0. The molecule has 6 heteroatoms. The Balaban J connectivity index is 1.69. The standard InChI is InChI=1S/C16H18N6/c1-9-18-13(8-15(19-9)21-17)10-7-11(10)16-20-12-5-3-4-6-14(12)22(16)2/h3-6,8,10-11H,7,17H2,1-2H3,(H,18,19,21)/t10?,11-/m1/s1. The van der Waals surface area contributed by atoms with E-state index in [9.17, 15) is 0 Å². The minimum absolute atomic E-state index is 0.393. The van der Waals surface area contributed by atoms with E-state index in [0.29, 0.717) is 17.7 Å². The summed E-state index contributed by atoms with van der Waals surface area (Å²) in [5.74, 6) is 8.81. The highest BCUT2D eigenvalue weighted by Gasteiger charge is 2.43. The molecule has 0 amide bonds. The maximum Gasteiger partial charge on any atom is 0.143 e. The summed E-state index contributed by atoms with van der Waals surface area (Å²) in [4.78, 5) is 13.6. The molecular weight excluding hydrogens is 276 g/mol. The number of aromatic nitrogens is 4. The van der Waals surface area contributed by atoms with Gasteiger partial charge in [0.25, 0.3) is 0 Å². The van der Waals surface area contributed by atoms with Gasteiger partial charge in [-0.05, 0) is 25.5 Å². The molecular formula is C16H18N6. The summed E-state index contributed by atoms with van der Waals surface area (Å²) in [6, 6.07) is 10.2. The molecule has 3 aromatic rings. The van der Waals surface area contributed by atoms with Crippen LogP contribution in [0.5, 0.6) is 0 Å². The summed E-state index contributed by atoms with van der Waals surface area (Å²) in [6.45, 7) is 1.89. The van der Waals surface area contributed by atoms with Gasteiger partial charge in [-0.15, -0.1) is 0 Å². The van der Waals surface area contributed by atoms with Crippen LogP contribution in [0.2, 0.25) is 0 Å². The van der Waals surface area contributed by atoms with E-state index in [0.717, 1.165) is 29.3 Å². The van der Waals surface area contributed by atoms with Crippen LogP contribution < -0.4 is 11.3 Å². The molecule has 3 N–H and O–H groups in total. The van der Waals surface area contributed by atoms with Gasteiger partial charge in [0.05, 0.1) is 16.7 Å². The molecule has 0 spiro atoms. The number of rotatable bonds is 3. The van der Waals surface area contributed by atoms with Gasteiger partial charge in [-0.1, -0.05) is 12.1 Å². The van der Waals surface area contributed by atoms with Crippen molar-refractivity contribution in [2.75, 3.05) is 5.43 Å². The summed E-state index contributed by atoms with van der Waals surface area (Å²) in [7, 11) is 2.08. The van der Waals surface area contributed by atoms with Crippen LogP contribution in [0.25, 0.3) is 11.0 Å². The average molecular weight is 294 g/mol. The van der Waals surface area contributed by atoms with Gasteiger partial charge in [0, 0.05) is 24.9 Å². The zero-order valence-electron chi connectivity index (χ0n) is 12.6. The van der Waals surface area contributed by atoms with E-state index in [1.807, 2.05) is 25.1 Å². The number of para-hydroxylation sites is 2. The second-order valence-electron chi connectivity index (χ2n) is 5.84. The molecule has 2 atom stereocenters. The number of benzene rings is 1. The van der Waals surface area contributed by atoms with E-state index in [2.05, 4.69) is 39.1 Å². The molecule has 1 saturated carbocycles. The maximum atomic E-state index is 5.47. The smallest absolute Gasteiger partial charge is 0.143 e. The second-order valence-corrected chi connectivity index (χ2v) is 5.84. The predicted octanol–water partition coefficient (Wildman–Crippen LogP) is 2.23. The summed E-state index contributed by atoms with van der Waals surface area (Å²) in [5, 5.41) is 0. The van der Waals surface area contributed by atoms with Gasteiger partial charge in [-0.2, -0.15) is 0 Å². The molecule has 2 aromatic heterocycles. The van der Waals surface area contributed by atoms with Gasteiger partial charge in [0.2, 0.25) is 0 Å². The number of nitrogens with two attached hydrogens (primary N) is 1. The summed E-state index contributed by atoms with van der Waals surface area (Å²) in [5.41, 5.74) is 5.87. The molecule has 1 unspecified atom stereocenters. The van der Waals surface area contributed by atoms with Gasteiger partial charge < -0.3 is 9.99 Å². The van der Waals surface area contributed by atoms with Gasteiger partial charge in [0.15, 0.2) is 0 Å². The van der Waals surface area contributed by atoms with Crippen LogP contribution >= 0.6 is 0 Å². The molecule has 4 rings (SSSR count). The Hall–Kier alpha value is -2.47. The Labute approximate surface area is 128 Å². The molecule has 112 valence electrons. The lowest BCUT2D eigenvalue weighted by atomic mass is 10.2. The first-order valence-corrected chi connectivity index (χ1v) is 7.41. The van der Waals surface area contributed by atoms with E-state index in [4.69, 9.17) is 10.8 Å². The zero-order chi connectivity index (χ0) is 15.3. The molecule has 1 fully saturated rings. The number of imidazole rings is 1. The molecule has 1 aliphatic carbocycles. The SMILES string of the molecule is Cc1nc(NN)cc(C2C[C@H]2c2nc3ccccc3n2C)n1. The molecule has 2 heterocycles. The number of fused-ring (bicyclic) bond motifs is 1. The third kappa shape index (κ3) is 2.03. The Bertz CT molecular complexity index is 853. The number of nitrogen functional groups attached to an aromatic ring is 1.